The van der Waals surface area contributed by atoms with Crippen LogP contribution in [-0.4, -0.2) is 5.91 Å². The number of ether oxygens (including phenoxy) is 1. The minimum atomic E-state index is -0.462. The van der Waals surface area contributed by atoms with E-state index in [9.17, 15) is 10.1 Å². The summed E-state index contributed by atoms with van der Waals surface area (Å²) < 4.78 is 8.53. The molecule has 4 nitrogen and oxygen atoms in total. The van der Waals surface area contributed by atoms with Crippen LogP contribution < -0.4 is 10.1 Å². The van der Waals surface area contributed by atoms with Crippen molar-refractivity contribution < 1.29 is 9.53 Å². The van der Waals surface area contributed by atoms with Crippen molar-refractivity contribution in [2.75, 3.05) is 5.32 Å². The van der Waals surface area contributed by atoms with Crippen LogP contribution in [0, 0.1) is 21.8 Å². The maximum absolute atomic E-state index is 12.5. The molecular weight excluding hydrogens is 635 g/mol. The van der Waals surface area contributed by atoms with Gasteiger partial charge < -0.3 is 10.1 Å². The number of carbonyl (C=O) groups is 1. The minimum absolute atomic E-state index is 0.0129. The molecule has 31 heavy (non-hydrogen) atoms. The van der Waals surface area contributed by atoms with Crippen molar-refractivity contribution >= 4 is 72.1 Å². The second kappa shape index (κ2) is 10.9. The normalized spacial score (nSPS) is 11.0. The van der Waals surface area contributed by atoms with Crippen LogP contribution in [0.5, 0.6) is 5.75 Å². The minimum Gasteiger partial charge on any atom is -0.487 e. The molecule has 0 saturated carbocycles. The number of anilines is 1. The van der Waals surface area contributed by atoms with Gasteiger partial charge in [0.05, 0.1) is 8.04 Å². The third-order valence-electron chi connectivity index (χ3n) is 4.30. The predicted molar refractivity (Wildman–Crippen MR) is 139 cm³/mol. The maximum atomic E-state index is 12.5. The molecule has 0 saturated heterocycles. The lowest BCUT2D eigenvalue weighted by molar-refractivity contribution is -0.112. The summed E-state index contributed by atoms with van der Waals surface area (Å²) in [4.78, 5) is 12.5. The number of nitriles is 1. The van der Waals surface area contributed by atoms with Crippen molar-refractivity contribution in [2.45, 2.75) is 13.5 Å². The summed E-state index contributed by atoms with van der Waals surface area (Å²) in [6.07, 6.45) is 1.56. The second-order valence-electron chi connectivity index (χ2n) is 6.72. The van der Waals surface area contributed by atoms with Gasteiger partial charge in [0.2, 0.25) is 0 Å². The molecule has 0 radical (unpaired) electrons. The van der Waals surface area contributed by atoms with Crippen molar-refractivity contribution in [1.29, 1.82) is 5.26 Å². The molecule has 1 amide bonds. The summed E-state index contributed by atoms with van der Waals surface area (Å²) in [5, 5.41) is 12.2. The molecule has 1 N–H and O–H groups in total. The van der Waals surface area contributed by atoms with Gasteiger partial charge in [-0.1, -0.05) is 45.8 Å². The van der Waals surface area contributed by atoms with Crippen LogP contribution in [-0.2, 0) is 11.4 Å². The van der Waals surface area contributed by atoms with Crippen LogP contribution in [0.1, 0.15) is 16.7 Å². The molecule has 0 aliphatic rings. The lowest BCUT2D eigenvalue weighted by Gasteiger charge is -2.12. The maximum Gasteiger partial charge on any atom is 0.266 e. The van der Waals surface area contributed by atoms with E-state index in [0.29, 0.717) is 12.3 Å². The number of benzene rings is 3. The number of aryl methyl sites for hydroxylation is 1. The van der Waals surface area contributed by atoms with Crippen molar-refractivity contribution in [3.05, 3.63) is 95.4 Å². The molecule has 3 aromatic rings. The fourth-order valence-electron chi connectivity index (χ4n) is 2.69. The lowest BCUT2D eigenvalue weighted by atomic mass is 10.1. The number of amides is 1. The van der Waals surface area contributed by atoms with Gasteiger partial charge in [-0.25, -0.2) is 0 Å². The highest BCUT2D eigenvalue weighted by atomic mass is 127. The van der Waals surface area contributed by atoms with Gasteiger partial charge in [0.1, 0.15) is 24.0 Å². The molecule has 0 atom stereocenters. The zero-order valence-electron chi connectivity index (χ0n) is 16.5. The highest BCUT2D eigenvalue weighted by Gasteiger charge is 2.13. The van der Waals surface area contributed by atoms with Crippen LogP contribution in [0.15, 0.2) is 75.2 Å². The number of carbonyl (C=O) groups excluding carboxylic acids is 1. The van der Waals surface area contributed by atoms with E-state index in [1.165, 1.54) is 5.56 Å². The Kier molecular flexibility index (Phi) is 8.29. The fraction of sp³-hybridized carbons (Fsp3) is 0.0833. The molecule has 3 aromatic carbocycles. The summed E-state index contributed by atoms with van der Waals surface area (Å²) >= 11 is 9.08. The molecular formula is C24H17Br2IN2O2. The van der Waals surface area contributed by atoms with E-state index in [-0.39, 0.29) is 5.57 Å². The fourth-order valence-corrected chi connectivity index (χ4v) is 4.72. The van der Waals surface area contributed by atoms with E-state index in [1.54, 1.807) is 18.2 Å². The molecule has 0 spiro atoms. The monoisotopic (exact) mass is 650 g/mol. The first kappa shape index (κ1) is 23.5. The van der Waals surface area contributed by atoms with E-state index in [4.69, 9.17) is 4.74 Å². The van der Waals surface area contributed by atoms with Crippen LogP contribution >= 0.6 is 54.5 Å². The molecule has 7 heteroatoms. The molecule has 0 aliphatic carbocycles. The molecule has 0 aliphatic heterocycles. The summed E-state index contributed by atoms with van der Waals surface area (Å²) in [5.41, 5.74) is 3.63. The number of hydrogen-bond donors (Lipinski definition) is 1. The van der Waals surface area contributed by atoms with Gasteiger partial charge >= 0.3 is 0 Å². The largest absolute Gasteiger partial charge is 0.487 e. The average molecular weight is 652 g/mol. The standard InChI is InChI=1S/C24H17Br2IN2O2/c1-15-2-4-16(5-3-15)14-31-23-21(26)11-17(12-22(23)27)10-18(13-28)24(30)29-20-8-6-19(25)7-9-20/h2-12H,14H2,1H3,(H,29,30)/b18-10-. The SMILES string of the molecule is Cc1ccc(COc2c(Br)cc(/C=C(/C#N)C(=O)Nc3ccc(Br)cc3)cc2I)cc1. The molecule has 0 unspecified atom stereocenters. The Morgan fingerprint density at radius 1 is 1.13 bits per heavy atom. The van der Waals surface area contributed by atoms with E-state index >= 15 is 0 Å². The molecule has 3 rings (SSSR count). The van der Waals surface area contributed by atoms with Crippen LogP contribution in [0.2, 0.25) is 0 Å². The first-order valence-corrected chi connectivity index (χ1v) is 11.9. The van der Waals surface area contributed by atoms with E-state index in [0.717, 1.165) is 29.4 Å². The van der Waals surface area contributed by atoms with Crippen molar-refractivity contribution in [3.63, 3.8) is 0 Å². The number of halogens is 3. The van der Waals surface area contributed by atoms with E-state index in [2.05, 4.69) is 71.9 Å². The first-order chi connectivity index (χ1) is 14.9. The molecule has 156 valence electrons. The predicted octanol–water partition coefficient (Wildman–Crippen LogP) is 7.25. The number of nitrogens with zero attached hydrogens (tertiary/aromatic N) is 1. The Morgan fingerprint density at radius 2 is 1.81 bits per heavy atom. The first-order valence-electron chi connectivity index (χ1n) is 9.22. The second-order valence-corrected chi connectivity index (χ2v) is 9.65. The van der Waals surface area contributed by atoms with Gasteiger partial charge in [-0.2, -0.15) is 5.26 Å². The van der Waals surface area contributed by atoms with Gasteiger partial charge in [0.25, 0.3) is 5.91 Å². The number of nitrogens with one attached hydrogen (secondary N) is 1. The zero-order chi connectivity index (χ0) is 22.4. The van der Waals surface area contributed by atoms with Crippen molar-refractivity contribution in [3.8, 4) is 11.8 Å². The summed E-state index contributed by atoms with van der Waals surface area (Å²) in [6.45, 7) is 2.49. The molecule has 0 heterocycles. The Bertz CT molecular complexity index is 1140. The van der Waals surface area contributed by atoms with Gasteiger partial charge in [0, 0.05) is 10.2 Å². The molecule has 0 fully saturated rings. The Labute approximate surface area is 211 Å². The Morgan fingerprint density at radius 3 is 2.42 bits per heavy atom. The third kappa shape index (κ3) is 6.66. The topological polar surface area (TPSA) is 62.1 Å². The summed E-state index contributed by atoms with van der Waals surface area (Å²) in [6, 6.07) is 21.0. The van der Waals surface area contributed by atoms with Gasteiger partial charge in [-0.3, -0.25) is 4.79 Å². The Balaban J connectivity index is 1.76. The van der Waals surface area contributed by atoms with E-state index < -0.39 is 5.91 Å². The molecule has 0 aromatic heterocycles. The number of hydrogen-bond acceptors (Lipinski definition) is 3. The van der Waals surface area contributed by atoms with Crippen molar-refractivity contribution in [1.82, 2.24) is 0 Å². The highest BCUT2D eigenvalue weighted by Crippen LogP contribution is 2.33. The Hall–Kier alpha value is -2.15. The highest BCUT2D eigenvalue weighted by molar-refractivity contribution is 14.1. The van der Waals surface area contributed by atoms with Gasteiger partial charge in [0.15, 0.2) is 0 Å². The third-order valence-corrected chi connectivity index (χ3v) is 6.22. The quantitative estimate of drug-likeness (QED) is 0.174. The lowest BCUT2D eigenvalue weighted by Crippen LogP contribution is -2.13. The van der Waals surface area contributed by atoms with Crippen LogP contribution in [0.4, 0.5) is 5.69 Å². The summed E-state index contributed by atoms with van der Waals surface area (Å²) in [7, 11) is 0. The zero-order valence-corrected chi connectivity index (χ0v) is 21.8. The number of rotatable bonds is 6. The average Bonchev–Trinajstić information content (AvgIpc) is 2.74. The van der Waals surface area contributed by atoms with E-state index in [1.807, 2.05) is 49.4 Å². The van der Waals surface area contributed by atoms with Gasteiger partial charge in [-0.15, -0.1) is 0 Å². The van der Waals surface area contributed by atoms with Crippen LogP contribution in [0.25, 0.3) is 6.08 Å². The molecule has 0 bridgehead atoms. The van der Waals surface area contributed by atoms with Crippen molar-refractivity contribution in [2.24, 2.45) is 0 Å². The van der Waals surface area contributed by atoms with Gasteiger partial charge in [-0.05, 0) is 99.0 Å². The van der Waals surface area contributed by atoms with Crippen LogP contribution in [0.3, 0.4) is 0 Å². The smallest absolute Gasteiger partial charge is 0.266 e. The summed E-state index contributed by atoms with van der Waals surface area (Å²) in [5.74, 6) is 0.256.